The number of benzene rings is 2. The van der Waals surface area contributed by atoms with E-state index in [0.717, 1.165) is 57.8 Å². The highest BCUT2D eigenvalue weighted by atomic mass is 32.1. The molecule has 3 aromatic heterocycles. The largest absolute Gasteiger partial charge is 0.391 e. The van der Waals surface area contributed by atoms with Crippen LogP contribution in [-0.4, -0.2) is 134 Å². The summed E-state index contributed by atoms with van der Waals surface area (Å²) in [4.78, 5) is 77.4. The number of aryl methyl sites for hydroxylation is 2. The number of ether oxygens (including phenoxy) is 1. The summed E-state index contributed by atoms with van der Waals surface area (Å²) in [7, 11) is 1.61. The Labute approximate surface area is 451 Å². The summed E-state index contributed by atoms with van der Waals surface area (Å²) < 4.78 is 39.4. The molecule has 0 bridgehead atoms. The van der Waals surface area contributed by atoms with Crippen molar-refractivity contribution in [3.05, 3.63) is 87.9 Å². The Morgan fingerprint density at radius 1 is 0.974 bits per heavy atom. The number of unbranched alkanes of at least 4 members (excludes halogenated alkanes) is 1. The summed E-state index contributed by atoms with van der Waals surface area (Å²) in [6.45, 7) is 10.5. The summed E-state index contributed by atoms with van der Waals surface area (Å²) in [5.41, 5.74) is 8.11. The number of aromatic nitrogens is 5. The minimum atomic E-state index is -2.81. The van der Waals surface area contributed by atoms with Crippen LogP contribution in [0, 0.1) is 12.3 Å². The fourth-order valence-corrected chi connectivity index (χ4v) is 11.8. The Balaban J connectivity index is 0.772. The van der Waals surface area contributed by atoms with E-state index in [1.54, 1.807) is 47.1 Å². The Morgan fingerprint density at radius 2 is 1.75 bits per heavy atom. The van der Waals surface area contributed by atoms with Crippen LogP contribution in [0.2, 0.25) is 0 Å². The summed E-state index contributed by atoms with van der Waals surface area (Å²) in [6, 6.07) is 9.26. The van der Waals surface area contributed by atoms with Crippen LogP contribution >= 0.6 is 11.3 Å². The van der Waals surface area contributed by atoms with Crippen molar-refractivity contribution in [2.45, 2.75) is 136 Å². The molecular formula is C55H70F2N12O7S. The third kappa shape index (κ3) is 12.5. The molecule has 5 N–H and O–H groups in total. The van der Waals surface area contributed by atoms with Crippen LogP contribution in [0.25, 0.3) is 21.6 Å². The normalized spacial score (nSPS) is 18.2. The second-order valence-corrected chi connectivity index (χ2v) is 22.4. The molecule has 0 spiro atoms. The molecular weight excluding hydrogens is 1010 g/mol. The number of aliphatic hydroxyl groups is 1. The van der Waals surface area contributed by atoms with E-state index >= 15 is 8.78 Å². The van der Waals surface area contributed by atoms with Crippen molar-refractivity contribution in [2.75, 3.05) is 51.3 Å². The van der Waals surface area contributed by atoms with E-state index in [2.05, 4.69) is 36.0 Å². The van der Waals surface area contributed by atoms with E-state index in [1.165, 1.54) is 15.8 Å². The predicted octanol–water partition coefficient (Wildman–Crippen LogP) is 6.35. The van der Waals surface area contributed by atoms with Crippen molar-refractivity contribution in [3.63, 3.8) is 0 Å². The highest BCUT2D eigenvalue weighted by Gasteiger charge is 2.44. The fraction of sp³-hybridized carbons (Fsp3) is 0.527. The number of carbonyl (C=O) groups is 5. The number of hydrogen-bond acceptors (Lipinski definition) is 12. The summed E-state index contributed by atoms with van der Waals surface area (Å²) in [5.74, 6) is -0.864. The third-order valence-corrected chi connectivity index (χ3v) is 16.1. The number of amides is 6. The lowest BCUT2D eigenvalue weighted by Gasteiger charge is -2.35. The minimum absolute atomic E-state index is 0.0399. The first-order valence-electron chi connectivity index (χ1n) is 26.7. The van der Waals surface area contributed by atoms with Crippen molar-refractivity contribution in [1.29, 1.82) is 0 Å². The van der Waals surface area contributed by atoms with Gasteiger partial charge in [-0.1, -0.05) is 45.0 Å². The SMILES string of the molecule is CNC(=O)N1CCc2c(c(N3CCCc4cc(-c5cnn(CC(=O)NCCCCC(=O)N[C@H](C(=O)N6C[C@@H](O)C[C@H]6C(=O)NCc6ccc(-c7scnc7C)cc6)C(C)(C)C)c5)c(C(F)F)cc43)nn2C2CCOCC2)C1. The lowest BCUT2D eigenvalue weighted by atomic mass is 9.85. The quantitative estimate of drug-likeness (QED) is 0.0647. The van der Waals surface area contributed by atoms with Gasteiger partial charge in [-0.2, -0.15) is 10.2 Å². The molecule has 2 aromatic carbocycles. The number of aliphatic hydroxyl groups excluding tert-OH is 1. The standard InChI is InChI=1S/C55H70F2N12O7S/c1-33-48(77-32-61-33)35-13-11-34(12-14-35)26-60-52(73)45-24-39(70)29-68(45)53(74)49(55(2,3)4)63-46(71)10-6-7-18-59-47(72)31-66-28-37(27-62-66)40-23-36-9-8-19-67(44(36)25-41(40)50(56)57)51-42-30-65(54(75)58-5)20-15-43(42)69(64-51)38-16-21-76-22-17-38/h11-14,23,25,27-28,32,38-39,45,49-50,70H,6-10,15-22,24,26,29-31H2,1-5H3,(H,58,75)(H,59,72)(H,60,73)(H,63,71)/t39-,45-,49+/m0/s1. The first-order chi connectivity index (χ1) is 37.0. The first-order valence-corrected chi connectivity index (χ1v) is 27.6. The van der Waals surface area contributed by atoms with Crippen molar-refractivity contribution in [1.82, 2.24) is 55.6 Å². The molecule has 0 unspecified atom stereocenters. The lowest BCUT2D eigenvalue weighted by molar-refractivity contribution is -0.144. The van der Waals surface area contributed by atoms with Gasteiger partial charge >= 0.3 is 6.03 Å². The van der Waals surface area contributed by atoms with Gasteiger partial charge in [0, 0.05) is 107 Å². The second-order valence-electron chi connectivity index (χ2n) is 21.6. The molecule has 5 aromatic rings. The van der Waals surface area contributed by atoms with Crippen LogP contribution in [0.4, 0.5) is 25.1 Å². The topological polar surface area (TPSA) is 221 Å². The minimum Gasteiger partial charge on any atom is -0.391 e. The average Bonchev–Trinajstić information content (AvgIpc) is 4.28. The van der Waals surface area contributed by atoms with Gasteiger partial charge in [0.15, 0.2) is 5.82 Å². The molecule has 77 heavy (non-hydrogen) atoms. The van der Waals surface area contributed by atoms with Crippen LogP contribution in [0.5, 0.6) is 0 Å². The molecule has 2 saturated heterocycles. The summed E-state index contributed by atoms with van der Waals surface area (Å²) >= 11 is 1.56. The smallest absolute Gasteiger partial charge is 0.317 e. The Hall–Kier alpha value is -6.78. The number of hydrogen-bond donors (Lipinski definition) is 5. The first kappa shape index (κ1) is 55.0. The molecule has 412 valence electrons. The van der Waals surface area contributed by atoms with E-state index in [0.29, 0.717) is 81.2 Å². The molecule has 2 fully saturated rings. The highest BCUT2D eigenvalue weighted by molar-refractivity contribution is 7.13. The van der Waals surface area contributed by atoms with E-state index in [1.807, 2.05) is 56.9 Å². The van der Waals surface area contributed by atoms with E-state index in [4.69, 9.17) is 9.84 Å². The second kappa shape index (κ2) is 23.9. The number of alkyl halides is 2. The number of carbonyl (C=O) groups excluding carboxylic acids is 5. The number of nitrogens with one attached hydrogen (secondary N) is 4. The number of likely N-dealkylation sites (tertiary alicyclic amines) is 1. The Bertz CT molecular complexity index is 2950. The lowest BCUT2D eigenvalue weighted by Crippen LogP contribution is -2.57. The van der Waals surface area contributed by atoms with Crippen molar-refractivity contribution in [3.8, 4) is 21.6 Å². The van der Waals surface area contributed by atoms with Crippen LogP contribution in [0.15, 0.2) is 54.3 Å². The zero-order valence-corrected chi connectivity index (χ0v) is 45.3. The number of fused-ring (bicyclic) bond motifs is 2. The number of anilines is 2. The maximum absolute atomic E-state index is 15.1. The highest BCUT2D eigenvalue weighted by Crippen LogP contribution is 2.44. The molecule has 3 atom stereocenters. The molecule has 7 heterocycles. The van der Waals surface area contributed by atoms with Crippen LogP contribution in [0.3, 0.4) is 0 Å². The van der Waals surface area contributed by atoms with Gasteiger partial charge in [0.2, 0.25) is 23.6 Å². The van der Waals surface area contributed by atoms with Crippen molar-refractivity contribution >= 4 is 52.5 Å². The average molecular weight is 1080 g/mol. The van der Waals surface area contributed by atoms with E-state index < -0.39 is 41.8 Å². The number of nitrogens with zero attached hydrogens (tertiary/aromatic N) is 8. The summed E-state index contributed by atoms with van der Waals surface area (Å²) in [5, 5.41) is 31.6. The van der Waals surface area contributed by atoms with E-state index in [9.17, 15) is 29.1 Å². The Kier molecular flexibility index (Phi) is 17.0. The number of halogens is 2. The zero-order valence-electron chi connectivity index (χ0n) is 44.4. The molecule has 22 heteroatoms. The monoisotopic (exact) mass is 1080 g/mol. The molecule has 9 rings (SSSR count). The number of rotatable bonds is 17. The maximum Gasteiger partial charge on any atom is 0.317 e. The van der Waals surface area contributed by atoms with Gasteiger partial charge in [0.1, 0.15) is 18.6 Å². The van der Waals surface area contributed by atoms with Gasteiger partial charge in [-0.25, -0.2) is 18.6 Å². The predicted molar refractivity (Wildman–Crippen MR) is 286 cm³/mol. The van der Waals surface area contributed by atoms with Crippen LogP contribution < -0.4 is 26.2 Å². The number of β-amino-alcohol motifs (C(OH)–C–C–N with tert-alkyl or cyclic N) is 1. The fourth-order valence-electron chi connectivity index (χ4n) is 11.0. The van der Waals surface area contributed by atoms with Crippen molar-refractivity contribution in [2.24, 2.45) is 5.41 Å². The molecule has 0 saturated carbocycles. The van der Waals surface area contributed by atoms with Gasteiger partial charge < -0.3 is 45.8 Å². The van der Waals surface area contributed by atoms with E-state index in [-0.39, 0.29) is 68.5 Å². The number of urea groups is 1. The van der Waals surface area contributed by atoms with Gasteiger partial charge in [0.05, 0.1) is 41.0 Å². The van der Waals surface area contributed by atoms with Crippen LogP contribution in [0.1, 0.15) is 112 Å². The van der Waals surface area contributed by atoms with Crippen LogP contribution in [-0.2, 0) is 56.4 Å². The molecule has 6 amide bonds. The van der Waals surface area contributed by atoms with Gasteiger partial charge in [-0.3, -0.25) is 28.5 Å². The molecule has 0 aliphatic carbocycles. The van der Waals surface area contributed by atoms with Crippen molar-refractivity contribution < 1.29 is 42.6 Å². The zero-order chi connectivity index (χ0) is 54.5. The Morgan fingerprint density at radius 3 is 2.47 bits per heavy atom. The van der Waals surface area contributed by atoms with Gasteiger partial charge in [-0.05, 0) is 85.3 Å². The van der Waals surface area contributed by atoms with Gasteiger partial charge in [0.25, 0.3) is 6.43 Å². The van der Waals surface area contributed by atoms with Gasteiger partial charge in [-0.15, -0.1) is 11.3 Å². The molecule has 4 aliphatic heterocycles. The molecule has 4 aliphatic rings. The molecule has 19 nitrogen and oxygen atoms in total. The third-order valence-electron chi connectivity index (χ3n) is 15.1. The summed E-state index contributed by atoms with van der Waals surface area (Å²) in [6.07, 6.45) is 4.07. The molecule has 0 radical (unpaired) electrons. The maximum atomic E-state index is 15.1. The number of thiazole rings is 1.